The Morgan fingerprint density at radius 1 is 0.742 bits per heavy atom. The maximum absolute atomic E-state index is 12.6. The Morgan fingerprint density at radius 3 is 1.81 bits per heavy atom. The zero-order valence-corrected chi connectivity index (χ0v) is 17.1. The number of carboxylic acids is 1. The number of carboxylic acid groups (broad SMARTS) is 1. The molecule has 12 N–H and O–H groups in total. The lowest BCUT2D eigenvalue weighted by atomic mass is 10.1. The summed E-state index contributed by atoms with van der Waals surface area (Å²) in [5, 5.41) is 16.1. The molecule has 0 rings (SSSR count). The fourth-order valence-corrected chi connectivity index (χ4v) is 2.51. The third kappa shape index (κ3) is 12.1. The van der Waals surface area contributed by atoms with Crippen LogP contribution in [0.25, 0.3) is 0 Å². The number of aliphatic carboxylic acids is 1. The number of primary amides is 2. The van der Waals surface area contributed by atoms with Crippen molar-refractivity contribution in [3.8, 4) is 0 Å². The van der Waals surface area contributed by atoms with Crippen molar-refractivity contribution in [3.05, 3.63) is 0 Å². The highest BCUT2D eigenvalue weighted by Gasteiger charge is 2.30. The van der Waals surface area contributed by atoms with Crippen LogP contribution in [0.5, 0.6) is 0 Å². The largest absolute Gasteiger partial charge is 0.480 e. The molecule has 14 nitrogen and oxygen atoms in total. The molecule has 0 radical (unpaired) electrons. The zero-order valence-electron chi connectivity index (χ0n) is 17.1. The van der Waals surface area contributed by atoms with Gasteiger partial charge in [-0.2, -0.15) is 0 Å². The molecule has 31 heavy (non-hydrogen) atoms. The van der Waals surface area contributed by atoms with Crippen LogP contribution in [-0.2, 0) is 28.8 Å². The Labute approximate surface area is 178 Å². The molecule has 5 amide bonds. The molecule has 0 aromatic heterocycles. The molecule has 0 fully saturated rings. The molecule has 14 heteroatoms. The fraction of sp³-hybridized carbons (Fsp3) is 0.647. The number of carbonyl (C=O) groups is 6. The van der Waals surface area contributed by atoms with Gasteiger partial charge >= 0.3 is 5.97 Å². The van der Waals surface area contributed by atoms with Gasteiger partial charge in [0.15, 0.2) is 0 Å². The SMILES string of the molecule is NCCCCC(NC(=O)C(CCC(N)=O)NC(=O)C(CC(N)=O)NC(=O)CN)C(=O)O. The summed E-state index contributed by atoms with van der Waals surface area (Å²) in [4.78, 5) is 70.4. The summed E-state index contributed by atoms with van der Waals surface area (Å²) in [6.07, 6.45) is -0.00568. The lowest BCUT2D eigenvalue weighted by Gasteiger charge is -2.24. The van der Waals surface area contributed by atoms with Crippen LogP contribution in [0, 0.1) is 0 Å². The standard InChI is InChI=1S/C17H31N7O7/c18-6-2-1-3-10(17(30)31)24-15(28)9(4-5-12(20)25)23-16(29)11(7-13(21)26)22-14(27)8-19/h9-11H,1-8,18-19H2,(H2,20,25)(H2,21,26)(H,22,27)(H,23,29)(H,24,28)(H,30,31). The summed E-state index contributed by atoms with van der Waals surface area (Å²) in [6, 6.07) is -4.02. The number of nitrogens with two attached hydrogens (primary N) is 4. The van der Waals surface area contributed by atoms with Gasteiger partial charge in [-0.25, -0.2) is 4.79 Å². The molecule has 0 aromatic rings. The van der Waals surface area contributed by atoms with Crippen LogP contribution in [0.15, 0.2) is 0 Å². The Bertz CT molecular complexity index is 671. The van der Waals surface area contributed by atoms with Gasteiger partial charge in [0, 0.05) is 6.42 Å². The first-order chi connectivity index (χ1) is 14.5. The highest BCUT2D eigenvalue weighted by Crippen LogP contribution is 2.05. The number of hydrogen-bond acceptors (Lipinski definition) is 8. The summed E-state index contributed by atoms with van der Waals surface area (Å²) in [6.45, 7) is -0.107. The second kappa shape index (κ2) is 14.7. The molecule has 0 saturated heterocycles. The minimum atomic E-state index is -1.42. The maximum atomic E-state index is 12.6. The van der Waals surface area contributed by atoms with E-state index >= 15 is 0 Å². The molecule has 0 heterocycles. The molecule has 0 spiro atoms. The number of nitrogens with one attached hydrogen (secondary N) is 3. The Kier molecular flexibility index (Phi) is 13.1. The first-order valence-corrected chi connectivity index (χ1v) is 9.61. The van der Waals surface area contributed by atoms with Crippen LogP contribution in [-0.4, -0.2) is 71.8 Å². The second-order valence-corrected chi connectivity index (χ2v) is 6.74. The van der Waals surface area contributed by atoms with Gasteiger partial charge in [0.2, 0.25) is 29.5 Å². The van der Waals surface area contributed by atoms with E-state index in [2.05, 4.69) is 16.0 Å². The summed E-state index contributed by atoms with van der Waals surface area (Å²) in [5.41, 5.74) is 20.7. The predicted octanol–water partition coefficient (Wildman–Crippen LogP) is -4.25. The molecule has 0 aliphatic rings. The fourth-order valence-electron chi connectivity index (χ4n) is 2.51. The van der Waals surface area contributed by atoms with Gasteiger partial charge in [0.1, 0.15) is 18.1 Å². The molecule has 0 saturated carbocycles. The third-order valence-electron chi connectivity index (χ3n) is 4.12. The zero-order chi connectivity index (χ0) is 24.0. The Morgan fingerprint density at radius 2 is 1.32 bits per heavy atom. The molecule has 3 unspecified atom stereocenters. The first-order valence-electron chi connectivity index (χ1n) is 9.61. The molecule has 0 bridgehead atoms. The van der Waals surface area contributed by atoms with Crippen molar-refractivity contribution in [1.29, 1.82) is 0 Å². The van der Waals surface area contributed by atoms with E-state index in [1.807, 2.05) is 0 Å². The van der Waals surface area contributed by atoms with Crippen LogP contribution in [0.3, 0.4) is 0 Å². The number of hydrogen-bond donors (Lipinski definition) is 8. The van der Waals surface area contributed by atoms with E-state index in [0.717, 1.165) is 0 Å². The summed E-state index contributed by atoms with van der Waals surface area (Å²) in [7, 11) is 0. The van der Waals surface area contributed by atoms with Crippen LogP contribution in [0.1, 0.15) is 38.5 Å². The number of amides is 5. The second-order valence-electron chi connectivity index (χ2n) is 6.74. The van der Waals surface area contributed by atoms with Gasteiger partial charge in [0.05, 0.1) is 13.0 Å². The molecule has 0 aromatic carbocycles. The van der Waals surface area contributed by atoms with Gasteiger partial charge in [0.25, 0.3) is 0 Å². The highest BCUT2D eigenvalue weighted by atomic mass is 16.4. The maximum Gasteiger partial charge on any atom is 0.326 e. The van der Waals surface area contributed by atoms with Gasteiger partial charge in [-0.3, -0.25) is 24.0 Å². The van der Waals surface area contributed by atoms with Crippen molar-refractivity contribution >= 4 is 35.5 Å². The van der Waals surface area contributed by atoms with Crippen LogP contribution in [0.4, 0.5) is 0 Å². The van der Waals surface area contributed by atoms with Crippen LogP contribution < -0.4 is 38.9 Å². The van der Waals surface area contributed by atoms with E-state index in [4.69, 9.17) is 22.9 Å². The van der Waals surface area contributed by atoms with Crippen molar-refractivity contribution in [2.45, 2.75) is 56.7 Å². The average Bonchev–Trinajstić information content (AvgIpc) is 2.68. The van der Waals surface area contributed by atoms with Gasteiger partial charge < -0.3 is 44.0 Å². The number of unbranched alkanes of at least 4 members (excludes halogenated alkanes) is 1. The quantitative estimate of drug-likeness (QED) is 0.107. The lowest BCUT2D eigenvalue weighted by molar-refractivity contribution is -0.142. The molecule has 0 aliphatic heterocycles. The smallest absolute Gasteiger partial charge is 0.326 e. The number of rotatable bonds is 16. The Balaban J connectivity index is 5.39. The summed E-state index contributed by atoms with van der Waals surface area (Å²) >= 11 is 0. The van der Waals surface area contributed by atoms with Crippen molar-refractivity contribution in [1.82, 2.24) is 16.0 Å². The summed E-state index contributed by atoms with van der Waals surface area (Å²) in [5.74, 6) is -5.51. The summed E-state index contributed by atoms with van der Waals surface area (Å²) < 4.78 is 0. The van der Waals surface area contributed by atoms with E-state index < -0.39 is 66.6 Å². The average molecular weight is 445 g/mol. The van der Waals surface area contributed by atoms with Crippen molar-refractivity contribution in [2.75, 3.05) is 13.1 Å². The lowest BCUT2D eigenvalue weighted by Crippen LogP contribution is -2.56. The highest BCUT2D eigenvalue weighted by molar-refractivity contribution is 5.95. The topological polar surface area (TPSA) is 263 Å². The van der Waals surface area contributed by atoms with E-state index in [1.165, 1.54) is 0 Å². The molecule has 176 valence electrons. The number of carbonyl (C=O) groups excluding carboxylic acids is 5. The predicted molar refractivity (Wildman–Crippen MR) is 108 cm³/mol. The van der Waals surface area contributed by atoms with Crippen molar-refractivity contribution < 1.29 is 33.9 Å². The van der Waals surface area contributed by atoms with E-state index in [1.54, 1.807) is 0 Å². The molecular formula is C17H31N7O7. The van der Waals surface area contributed by atoms with Gasteiger partial charge in [-0.1, -0.05) is 0 Å². The third-order valence-corrected chi connectivity index (χ3v) is 4.12. The monoisotopic (exact) mass is 445 g/mol. The van der Waals surface area contributed by atoms with Crippen LogP contribution >= 0.6 is 0 Å². The molecular weight excluding hydrogens is 414 g/mol. The van der Waals surface area contributed by atoms with Gasteiger partial charge in [-0.05, 0) is 32.2 Å². The molecule has 0 aliphatic carbocycles. The minimum Gasteiger partial charge on any atom is -0.480 e. The Hall–Kier alpha value is -3.26. The minimum absolute atomic E-state index is 0.103. The van der Waals surface area contributed by atoms with E-state index in [0.29, 0.717) is 19.4 Å². The van der Waals surface area contributed by atoms with Crippen molar-refractivity contribution in [2.24, 2.45) is 22.9 Å². The van der Waals surface area contributed by atoms with Crippen molar-refractivity contribution in [3.63, 3.8) is 0 Å². The van der Waals surface area contributed by atoms with E-state index in [9.17, 15) is 33.9 Å². The van der Waals surface area contributed by atoms with E-state index in [-0.39, 0.29) is 19.3 Å². The van der Waals surface area contributed by atoms with Gasteiger partial charge in [-0.15, -0.1) is 0 Å². The van der Waals surface area contributed by atoms with Crippen LogP contribution in [0.2, 0.25) is 0 Å². The first kappa shape index (κ1) is 27.7. The molecule has 3 atom stereocenters. The normalized spacial score (nSPS) is 13.4.